The van der Waals surface area contributed by atoms with E-state index in [2.05, 4.69) is 17.6 Å². The van der Waals surface area contributed by atoms with E-state index < -0.39 is 0 Å². The quantitative estimate of drug-likeness (QED) is 0.858. The summed E-state index contributed by atoms with van der Waals surface area (Å²) in [6.07, 6.45) is 3.79. The van der Waals surface area contributed by atoms with Crippen LogP contribution in [0.2, 0.25) is 0 Å². The molecule has 0 aromatic heterocycles. The molecule has 2 atom stereocenters. The lowest BCUT2D eigenvalue weighted by molar-refractivity contribution is -0.115. The van der Waals surface area contributed by atoms with Crippen molar-refractivity contribution in [1.82, 2.24) is 5.32 Å². The molecule has 2 rings (SSSR count). The Balaban J connectivity index is 1.67. The molecule has 4 heteroatoms. The second-order valence-electron chi connectivity index (χ2n) is 5.47. The average Bonchev–Trinajstić information content (AvgIpc) is 2.75. The second-order valence-corrected chi connectivity index (χ2v) is 5.47. The molecule has 104 valence electrons. The SMILES string of the molecule is CC1CCC(CNCC(=O)Nc2cccc(F)c2)C1. The van der Waals surface area contributed by atoms with Crippen molar-refractivity contribution < 1.29 is 9.18 Å². The zero-order valence-corrected chi connectivity index (χ0v) is 11.3. The van der Waals surface area contributed by atoms with Crippen molar-refractivity contribution in [2.45, 2.75) is 26.2 Å². The lowest BCUT2D eigenvalue weighted by Crippen LogP contribution is -2.31. The highest BCUT2D eigenvalue weighted by molar-refractivity contribution is 5.92. The van der Waals surface area contributed by atoms with Crippen molar-refractivity contribution in [3.63, 3.8) is 0 Å². The molecule has 0 spiro atoms. The van der Waals surface area contributed by atoms with Gasteiger partial charge in [-0.3, -0.25) is 4.79 Å². The molecule has 2 N–H and O–H groups in total. The smallest absolute Gasteiger partial charge is 0.238 e. The van der Waals surface area contributed by atoms with E-state index in [4.69, 9.17) is 0 Å². The number of amides is 1. The van der Waals surface area contributed by atoms with Gasteiger partial charge < -0.3 is 10.6 Å². The van der Waals surface area contributed by atoms with Gasteiger partial charge in [-0.1, -0.05) is 19.4 Å². The van der Waals surface area contributed by atoms with Crippen LogP contribution in [-0.2, 0) is 4.79 Å². The third-order valence-corrected chi connectivity index (χ3v) is 3.63. The first-order valence-electron chi connectivity index (χ1n) is 6.89. The Hall–Kier alpha value is -1.42. The van der Waals surface area contributed by atoms with Gasteiger partial charge in [0.2, 0.25) is 5.91 Å². The molecule has 0 heterocycles. The highest BCUT2D eigenvalue weighted by Crippen LogP contribution is 2.29. The van der Waals surface area contributed by atoms with Gasteiger partial charge in [-0.25, -0.2) is 4.39 Å². The third-order valence-electron chi connectivity index (χ3n) is 3.63. The molecule has 2 unspecified atom stereocenters. The van der Waals surface area contributed by atoms with Gasteiger partial charge in [0.05, 0.1) is 6.54 Å². The minimum absolute atomic E-state index is 0.128. The highest BCUT2D eigenvalue weighted by Gasteiger charge is 2.20. The van der Waals surface area contributed by atoms with E-state index in [-0.39, 0.29) is 18.3 Å². The molecular weight excluding hydrogens is 243 g/mol. The molecule has 19 heavy (non-hydrogen) atoms. The molecule has 0 saturated heterocycles. The predicted molar refractivity (Wildman–Crippen MR) is 74.4 cm³/mol. The van der Waals surface area contributed by atoms with Gasteiger partial charge in [-0.05, 0) is 49.4 Å². The molecule has 1 aliphatic rings. The summed E-state index contributed by atoms with van der Waals surface area (Å²) in [6, 6.07) is 5.93. The maximum absolute atomic E-state index is 12.9. The van der Waals surface area contributed by atoms with Gasteiger partial charge in [0.25, 0.3) is 0 Å². The van der Waals surface area contributed by atoms with Gasteiger partial charge in [0.15, 0.2) is 0 Å². The summed E-state index contributed by atoms with van der Waals surface area (Å²) in [5.74, 6) is 1.03. The minimum Gasteiger partial charge on any atom is -0.325 e. The first-order valence-corrected chi connectivity index (χ1v) is 6.89. The van der Waals surface area contributed by atoms with E-state index in [9.17, 15) is 9.18 Å². The molecule has 1 aromatic rings. The molecule has 1 aliphatic carbocycles. The van der Waals surface area contributed by atoms with Gasteiger partial charge >= 0.3 is 0 Å². The summed E-state index contributed by atoms with van der Waals surface area (Å²) < 4.78 is 12.9. The Morgan fingerprint density at radius 3 is 2.95 bits per heavy atom. The normalized spacial score (nSPS) is 22.4. The molecule has 1 aromatic carbocycles. The molecular formula is C15H21FN2O. The van der Waals surface area contributed by atoms with Crippen molar-refractivity contribution in [3.8, 4) is 0 Å². The monoisotopic (exact) mass is 264 g/mol. The summed E-state index contributed by atoms with van der Waals surface area (Å²) in [5.41, 5.74) is 0.501. The van der Waals surface area contributed by atoms with Crippen molar-refractivity contribution >= 4 is 11.6 Å². The molecule has 0 radical (unpaired) electrons. The van der Waals surface area contributed by atoms with Crippen molar-refractivity contribution in [2.24, 2.45) is 11.8 Å². The van der Waals surface area contributed by atoms with E-state index in [1.165, 1.54) is 31.4 Å². The van der Waals surface area contributed by atoms with Crippen LogP contribution in [0.3, 0.4) is 0 Å². The first kappa shape index (κ1) is 14.0. The summed E-state index contributed by atoms with van der Waals surface area (Å²) in [4.78, 5) is 11.7. The topological polar surface area (TPSA) is 41.1 Å². The van der Waals surface area contributed by atoms with Crippen LogP contribution in [0.4, 0.5) is 10.1 Å². The number of hydrogen-bond acceptors (Lipinski definition) is 2. The van der Waals surface area contributed by atoms with Crippen LogP contribution in [0.1, 0.15) is 26.2 Å². The van der Waals surface area contributed by atoms with E-state index in [0.717, 1.165) is 12.5 Å². The summed E-state index contributed by atoms with van der Waals surface area (Å²) >= 11 is 0. The van der Waals surface area contributed by atoms with Gasteiger partial charge in [-0.15, -0.1) is 0 Å². The van der Waals surface area contributed by atoms with Crippen LogP contribution in [0.15, 0.2) is 24.3 Å². The van der Waals surface area contributed by atoms with E-state index >= 15 is 0 Å². The van der Waals surface area contributed by atoms with Crippen LogP contribution in [-0.4, -0.2) is 19.0 Å². The maximum Gasteiger partial charge on any atom is 0.238 e. The number of benzene rings is 1. The Bertz CT molecular complexity index is 436. The number of hydrogen-bond donors (Lipinski definition) is 2. The molecule has 0 aliphatic heterocycles. The Morgan fingerprint density at radius 1 is 1.42 bits per heavy atom. The Kier molecular flexibility index (Phi) is 4.91. The molecule has 1 fully saturated rings. The number of carbonyl (C=O) groups excluding carboxylic acids is 1. The molecule has 3 nitrogen and oxygen atoms in total. The fourth-order valence-corrected chi connectivity index (χ4v) is 2.67. The molecule has 1 saturated carbocycles. The standard InChI is InChI=1S/C15H21FN2O/c1-11-5-6-12(7-11)9-17-10-15(19)18-14-4-2-3-13(16)8-14/h2-4,8,11-12,17H,5-7,9-10H2,1H3,(H,18,19). The fourth-order valence-electron chi connectivity index (χ4n) is 2.67. The Morgan fingerprint density at radius 2 is 2.26 bits per heavy atom. The lowest BCUT2D eigenvalue weighted by atomic mass is 10.1. The van der Waals surface area contributed by atoms with Crippen LogP contribution in [0.25, 0.3) is 0 Å². The second kappa shape index (κ2) is 6.66. The lowest BCUT2D eigenvalue weighted by Gasteiger charge is -2.11. The zero-order valence-electron chi connectivity index (χ0n) is 11.3. The predicted octanol–water partition coefficient (Wildman–Crippen LogP) is 2.79. The number of anilines is 1. The van der Waals surface area contributed by atoms with Gasteiger partial charge in [-0.2, -0.15) is 0 Å². The van der Waals surface area contributed by atoms with Crippen LogP contribution in [0, 0.1) is 17.7 Å². The van der Waals surface area contributed by atoms with E-state index in [1.54, 1.807) is 12.1 Å². The zero-order chi connectivity index (χ0) is 13.7. The highest BCUT2D eigenvalue weighted by atomic mass is 19.1. The number of rotatable bonds is 5. The molecule has 0 bridgehead atoms. The van der Waals surface area contributed by atoms with E-state index in [1.807, 2.05) is 0 Å². The van der Waals surface area contributed by atoms with Gasteiger partial charge in [0.1, 0.15) is 5.82 Å². The van der Waals surface area contributed by atoms with Crippen molar-refractivity contribution in [3.05, 3.63) is 30.1 Å². The number of halogens is 1. The third kappa shape index (κ3) is 4.63. The van der Waals surface area contributed by atoms with Gasteiger partial charge in [0, 0.05) is 5.69 Å². The fraction of sp³-hybridized carbons (Fsp3) is 0.533. The maximum atomic E-state index is 12.9. The van der Waals surface area contributed by atoms with Crippen molar-refractivity contribution in [2.75, 3.05) is 18.4 Å². The summed E-state index contributed by atoms with van der Waals surface area (Å²) in [6.45, 7) is 3.44. The largest absolute Gasteiger partial charge is 0.325 e. The van der Waals surface area contributed by atoms with Crippen LogP contribution in [0.5, 0.6) is 0 Å². The van der Waals surface area contributed by atoms with E-state index in [0.29, 0.717) is 11.6 Å². The number of nitrogens with one attached hydrogen (secondary N) is 2. The summed E-state index contributed by atoms with van der Waals surface area (Å²) in [5, 5.41) is 5.85. The van der Waals surface area contributed by atoms with Crippen molar-refractivity contribution in [1.29, 1.82) is 0 Å². The Labute approximate surface area is 113 Å². The average molecular weight is 264 g/mol. The summed E-state index contributed by atoms with van der Waals surface area (Å²) in [7, 11) is 0. The molecule has 1 amide bonds. The van der Waals surface area contributed by atoms with Crippen LogP contribution < -0.4 is 10.6 Å². The number of carbonyl (C=O) groups is 1. The minimum atomic E-state index is -0.342. The first-order chi connectivity index (χ1) is 9.13. The van der Waals surface area contributed by atoms with Crippen LogP contribution >= 0.6 is 0 Å².